The van der Waals surface area contributed by atoms with Crippen molar-refractivity contribution in [2.24, 2.45) is 18.3 Å². The second kappa shape index (κ2) is 4.71. The maximum absolute atomic E-state index is 5.69. The lowest BCUT2D eigenvalue weighted by atomic mass is 9.95. The van der Waals surface area contributed by atoms with Crippen molar-refractivity contribution < 1.29 is 0 Å². The summed E-state index contributed by atoms with van der Waals surface area (Å²) in [6, 6.07) is 0.332. The van der Waals surface area contributed by atoms with Crippen LogP contribution in [0.2, 0.25) is 0 Å². The highest BCUT2D eigenvalue weighted by Crippen LogP contribution is 2.49. The van der Waals surface area contributed by atoms with E-state index in [0.29, 0.717) is 11.5 Å². The van der Waals surface area contributed by atoms with Crippen molar-refractivity contribution in [3.05, 3.63) is 15.9 Å². The van der Waals surface area contributed by atoms with Gasteiger partial charge in [-0.2, -0.15) is 5.10 Å². The van der Waals surface area contributed by atoms with E-state index in [9.17, 15) is 0 Å². The standard InChI is InChI=1S/C12H21BrN4/c1-4-8-11(13)9(17(3)16-8)7-10(15-14)12(2)5-6-12/h10,15H,4-7,14H2,1-3H3. The Kier molecular flexibility index (Phi) is 3.61. The largest absolute Gasteiger partial charge is 0.271 e. The van der Waals surface area contributed by atoms with Crippen molar-refractivity contribution in [1.29, 1.82) is 0 Å². The summed E-state index contributed by atoms with van der Waals surface area (Å²) in [5, 5.41) is 4.52. The smallest absolute Gasteiger partial charge is 0.0766 e. The molecule has 96 valence electrons. The van der Waals surface area contributed by atoms with Crippen molar-refractivity contribution in [3.8, 4) is 0 Å². The highest BCUT2D eigenvalue weighted by atomic mass is 79.9. The maximum Gasteiger partial charge on any atom is 0.0766 e. The molecule has 1 aliphatic carbocycles. The van der Waals surface area contributed by atoms with Crippen LogP contribution < -0.4 is 11.3 Å². The van der Waals surface area contributed by atoms with Gasteiger partial charge < -0.3 is 0 Å². The van der Waals surface area contributed by atoms with E-state index < -0.39 is 0 Å². The molecule has 0 aliphatic heterocycles. The number of nitrogens with one attached hydrogen (secondary N) is 1. The Labute approximate surface area is 111 Å². The lowest BCUT2D eigenvalue weighted by Gasteiger charge is -2.22. The Morgan fingerprint density at radius 1 is 1.59 bits per heavy atom. The maximum atomic E-state index is 5.69. The van der Waals surface area contributed by atoms with E-state index in [1.807, 2.05) is 11.7 Å². The summed E-state index contributed by atoms with van der Waals surface area (Å²) in [6.07, 6.45) is 4.40. The molecule has 1 aliphatic rings. The van der Waals surface area contributed by atoms with Crippen LogP contribution in [0, 0.1) is 5.41 Å². The average Bonchev–Trinajstić information content (AvgIpc) is 2.98. The molecule has 17 heavy (non-hydrogen) atoms. The van der Waals surface area contributed by atoms with Crippen molar-refractivity contribution in [2.75, 3.05) is 0 Å². The predicted octanol–water partition coefficient (Wildman–Crippen LogP) is 1.92. The van der Waals surface area contributed by atoms with Gasteiger partial charge in [0.15, 0.2) is 0 Å². The molecule has 5 heteroatoms. The summed E-state index contributed by atoms with van der Waals surface area (Å²) in [6.45, 7) is 4.42. The second-order valence-corrected chi connectivity index (χ2v) is 6.05. The molecule has 0 radical (unpaired) electrons. The number of halogens is 1. The molecule has 3 N–H and O–H groups in total. The van der Waals surface area contributed by atoms with Crippen LogP contribution in [0.5, 0.6) is 0 Å². The highest BCUT2D eigenvalue weighted by molar-refractivity contribution is 9.10. The lowest BCUT2D eigenvalue weighted by Crippen LogP contribution is -2.43. The third kappa shape index (κ3) is 2.41. The van der Waals surface area contributed by atoms with Gasteiger partial charge in [0.05, 0.1) is 15.9 Å². The predicted molar refractivity (Wildman–Crippen MR) is 72.4 cm³/mol. The molecule has 1 aromatic heterocycles. The first-order chi connectivity index (χ1) is 8.01. The van der Waals surface area contributed by atoms with Gasteiger partial charge in [-0.3, -0.25) is 16.0 Å². The van der Waals surface area contributed by atoms with Gasteiger partial charge in [-0.1, -0.05) is 13.8 Å². The highest BCUT2D eigenvalue weighted by Gasteiger charge is 2.44. The first kappa shape index (κ1) is 13.1. The molecule has 1 heterocycles. The van der Waals surface area contributed by atoms with Gasteiger partial charge in [-0.15, -0.1) is 0 Å². The van der Waals surface area contributed by atoms with Crippen LogP contribution >= 0.6 is 15.9 Å². The van der Waals surface area contributed by atoms with E-state index in [2.05, 4.69) is 40.3 Å². The van der Waals surface area contributed by atoms with Crippen molar-refractivity contribution in [3.63, 3.8) is 0 Å². The van der Waals surface area contributed by atoms with Gasteiger partial charge in [0, 0.05) is 19.5 Å². The molecule has 0 saturated heterocycles. The van der Waals surface area contributed by atoms with E-state index in [-0.39, 0.29) is 0 Å². The van der Waals surface area contributed by atoms with Crippen LogP contribution in [0.3, 0.4) is 0 Å². The number of aryl methyl sites for hydroxylation is 2. The van der Waals surface area contributed by atoms with Crippen LogP contribution in [0.1, 0.15) is 38.1 Å². The molecule has 1 saturated carbocycles. The molecule has 0 aromatic carbocycles. The van der Waals surface area contributed by atoms with Crippen LogP contribution in [0.25, 0.3) is 0 Å². The average molecular weight is 301 g/mol. The van der Waals surface area contributed by atoms with Crippen LogP contribution in [-0.2, 0) is 19.9 Å². The minimum Gasteiger partial charge on any atom is -0.271 e. The van der Waals surface area contributed by atoms with Gasteiger partial charge in [0.1, 0.15) is 0 Å². The van der Waals surface area contributed by atoms with Gasteiger partial charge in [0.2, 0.25) is 0 Å². The Hall–Kier alpha value is -0.390. The zero-order chi connectivity index (χ0) is 12.6. The monoisotopic (exact) mass is 300 g/mol. The number of nitrogens with two attached hydrogens (primary N) is 1. The van der Waals surface area contributed by atoms with Gasteiger partial charge in [-0.05, 0) is 40.6 Å². The van der Waals surface area contributed by atoms with Crippen LogP contribution in [0.4, 0.5) is 0 Å². The fourth-order valence-electron chi connectivity index (χ4n) is 2.29. The molecule has 4 nitrogen and oxygen atoms in total. The summed E-state index contributed by atoms with van der Waals surface area (Å²) in [5.74, 6) is 5.69. The third-order valence-electron chi connectivity index (χ3n) is 3.98. The number of aromatic nitrogens is 2. The lowest BCUT2D eigenvalue weighted by molar-refractivity contribution is 0.353. The van der Waals surface area contributed by atoms with Crippen molar-refractivity contribution in [2.45, 2.75) is 45.6 Å². The molecular weight excluding hydrogens is 280 g/mol. The molecule has 1 atom stereocenters. The SMILES string of the molecule is CCc1nn(C)c(CC(NN)C2(C)CC2)c1Br. The minimum absolute atomic E-state index is 0.332. The topological polar surface area (TPSA) is 55.9 Å². The summed E-state index contributed by atoms with van der Waals surface area (Å²) in [4.78, 5) is 0. The van der Waals surface area contributed by atoms with Gasteiger partial charge in [0.25, 0.3) is 0 Å². The van der Waals surface area contributed by atoms with Gasteiger partial charge >= 0.3 is 0 Å². The number of nitrogens with zero attached hydrogens (tertiary/aromatic N) is 2. The van der Waals surface area contributed by atoms with Crippen molar-refractivity contribution >= 4 is 15.9 Å². The van der Waals surface area contributed by atoms with E-state index in [1.54, 1.807) is 0 Å². The van der Waals surface area contributed by atoms with E-state index in [0.717, 1.165) is 23.0 Å². The molecule has 1 aromatic rings. The summed E-state index contributed by atoms with van der Waals surface area (Å²) in [5.41, 5.74) is 5.70. The Balaban J connectivity index is 2.20. The zero-order valence-corrected chi connectivity index (χ0v) is 12.3. The Morgan fingerprint density at radius 3 is 2.65 bits per heavy atom. The fraction of sp³-hybridized carbons (Fsp3) is 0.750. The molecule has 0 bridgehead atoms. The summed E-state index contributed by atoms with van der Waals surface area (Å²) in [7, 11) is 2.00. The number of rotatable bonds is 5. The summed E-state index contributed by atoms with van der Waals surface area (Å²) < 4.78 is 3.12. The molecule has 2 rings (SSSR count). The Bertz CT molecular complexity index is 409. The quantitative estimate of drug-likeness (QED) is 0.645. The second-order valence-electron chi connectivity index (χ2n) is 5.26. The number of hydrogen-bond acceptors (Lipinski definition) is 3. The summed E-state index contributed by atoms with van der Waals surface area (Å²) >= 11 is 3.66. The molecule has 1 unspecified atom stereocenters. The van der Waals surface area contributed by atoms with E-state index >= 15 is 0 Å². The van der Waals surface area contributed by atoms with Gasteiger partial charge in [-0.25, -0.2) is 0 Å². The molecule has 0 spiro atoms. The Morgan fingerprint density at radius 2 is 2.24 bits per heavy atom. The van der Waals surface area contributed by atoms with Crippen LogP contribution in [-0.4, -0.2) is 15.8 Å². The van der Waals surface area contributed by atoms with E-state index in [1.165, 1.54) is 18.5 Å². The van der Waals surface area contributed by atoms with Crippen molar-refractivity contribution in [1.82, 2.24) is 15.2 Å². The third-order valence-corrected chi connectivity index (χ3v) is 4.90. The molecule has 1 fully saturated rings. The van der Waals surface area contributed by atoms with Crippen LogP contribution in [0.15, 0.2) is 4.47 Å². The molecule has 0 amide bonds. The fourth-order valence-corrected chi connectivity index (χ4v) is 3.07. The minimum atomic E-state index is 0.332. The first-order valence-corrected chi connectivity index (χ1v) is 6.97. The molecular formula is C12H21BrN4. The van der Waals surface area contributed by atoms with E-state index in [4.69, 9.17) is 5.84 Å². The zero-order valence-electron chi connectivity index (χ0n) is 10.8. The number of hydrogen-bond donors (Lipinski definition) is 2. The normalized spacial score (nSPS) is 19.4. The number of hydrazine groups is 1. The first-order valence-electron chi connectivity index (χ1n) is 6.18.